The van der Waals surface area contributed by atoms with Gasteiger partial charge in [0.2, 0.25) is 11.8 Å². The van der Waals surface area contributed by atoms with Crippen molar-refractivity contribution in [3.05, 3.63) is 62.3 Å². The van der Waals surface area contributed by atoms with Gasteiger partial charge in [0.15, 0.2) is 0 Å². The number of thiophene rings is 1. The highest BCUT2D eigenvalue weighted by Crippen LogP contribution is 2.56. The Kier molecular flexibility index (Phi) is 4.42. The predicted octanol–water partition coefficient (Wildman–Crippen LogP) is 4.46. The summed E-state index contributed by atoms with van der Waals surface area (Å²) in [6.07, 6.45) is -0.100. The molecule has 1 atom stereocenters. The minimum atomic E-state index is -1.28. The number of hydrogen-bond acceptors (Lipinski definition) is 5. The molecular formula is C22H15BrN2O5S. The van der Waals surface area contributed by atoms with Crippen LogP contribution >= 0.6 is 27.3 Å². The number of carboxylic acid groups (broad SMARTS) is 1. The number of nitrogens with one attached hydrogen (secondary N) is 2. The molecule has 156 valence electrons. The molecule has 0 aliphatic carbocycles. The number of benzene rings is 2. The average molecular weight is 499 g/mol. The molecule has 3 N–H and O–H groups in total. The number of amides is 2. The number of methoxy groups -OCH3 is 1. The fourth-order valence-electron chi connectivity index (χ4n) is 4.27. The van der Waals surface area contributed by atoms with Crippen molar-refractivity contribution in [2.45, 2.75) is 11.8 Å². The lowest BCUT2D eigenvalue weighted by atomic mass is 9.74. The number of fused-ring (bicyclic) bond motifs is 4. The van der Waals surface area contributed by atoms with Crippen molar-refractivity contribution < 1.29 is 24.2 Å². The van der Waals surface area contributed by atoms with E-state index in [1.807, 2.05) is 12.1 Å². The van der Waals surface area contributed by atoms with Gasteiger partial charge in [0.25, 0.3) is 0 Å². The number of carbonyl (C=O) groups is 3. The summed E-state index contributed by atoms with van der Waals surface area (Å²) in [5, 5.41) is 15.6. The van der Waals surface area contributed by atoms with Crippen LogP contribution in [0.2, 0.25) is 0 Å². The molecule has 0 bridgehead atoms. The molecule has 0 saturated heterocycles. The first kappa shape index (κ1) is 19.8. The lowest BCUT2D eigenvalue weighted by molar-refractivity contribution is -0.125. The quantitative estimate of drug-likeness (QED) is 0.494. The third-order valence-electron chi connectivity index (χ3n) is 5.64. The Balaban J connectivity index is 1.81. The fraction of sp³-hybridized carbons (Fsp3) is 0.136. The van der Waals surface area contributed by atoms with Gasteiger partial charge in [-0.25, -0.2) is 4.79 Å². The molecule has 31 heavy (non-hydrogen) atoms. The molecule has 2 aliphatic rings. The number of rotatable bonds is 3. The molecular weight excluding hydrogens is 484 g/mol. The third kappa shape index (κ3) is 2.80. The summed E-state index contributed by atoms with van der Waals surface area (Å²) in [6, 6.07) is 12.3. The largest absolute Gasteiger partial charge is 0.497 e. The van der Waals surface area contributed by atoms with Crippen molar-refractivity contribution in [3.8, 4) is 16.9 Å². The van der Waals surface area contributed by atoms with E-state index in [4.69, 9.17) is 4.74 Å². The van der Waals surface area contributed by atoms with Gasteiger partial charge in [-0.15, -0.1) is 11.3 Å². The van der Waals surface area contributed by atoms with Gasteiger partial charge in [0, 0.05) is 15.7 Å². The first-order chi connectivity index (χ1) is 14.8. The maximum atomic E-state index is 13.3. The number of hydrogen-bond donors (Lipinski definition) is 3. The molecule has 3 heterocycles. The maximum absolute atomic E-state index is 13.3. The smallest absolute Gasteiger partial charge is 0.346 e. The van der Waals surface area contributed by atoms with Crippen LogP contribution in [0.3, 0.4) is 0 Å². The van der Waals surface area contributed by atoms with E-state index in [-0.39, 0.29) is 23.1 Å². The molecule has 1 spiro atoms. The van der Waals surface area contributed by atoms with Crippen LogP contribution in [0.1, 0.15) is 26.5 Å². The van der Waals surface area contributed by atoms with E-state index in [0.717, 1.165) is 15.8 Å². The van der Waals surface area contributed by atoms with Crippen molar-refractivity contribution in [2.24, 2.45) is 0 Å². The first-order valence-electron chi connectivity index (χ1n) is 9.31. The average Bonchev–Trinajstić information content (AvgIpc) is 3.25. The van der Waals surface area contributed by atoms with Crippen LogP contribution in [0, 0.1) is 0 Å². The molecule has 0 fully saturated rings. The number of halogens is 1. The second-order valence-corrected chi connectivity index (χ2v) is 9.25. The lowest BCUT2D eigenvalue weighted by Gasteiger charge is -2.31. The Morgan fingerprint density at radius 3 is 2.58 bits per heavy atom. The van der Waals surface area contributed by atoms with Gasteiger partial charge >= 0.3 is 5.97 Å². The summed E-state index contributed by atoms with van der Waals surface area (Å²) in [6.45, 7) is 0. The summed E-state index contributed by atoms with van der Waals surface area (Å²) in [4.78, 5) is 38.8. The molecule has 1 aromatic heterocycles. The molecule has 0 radical (unpaired) electrons. The molecule has 9 heteroatoms. The zero-order valence-electron chi connectivity index (χ0n) is 16.1. The van der Waals surface area contributed by atoms with Crippen molar-refractivity contribution in [3.63, 3.8) is 0 Å². The SMILES string of the molecule is COc1ccc(-c2c(C(=O)O)sc3c2NC(=O)C[C@@]32C(=O)Nc3ccc(Br)cc32)cc1. The second kappa shape index (κ2) is 6.93. The third-order valence-corrected chi connectivity index (χ3v) is 7.47. The van der Waals surface area contributed by atoms with Gasteiger partial charge in [-0.05, 0) is 41.5 Å². The topological polar surface area (TPSA) is 105 Å². The number of aromatic carboxylic acids is 1. The summed E-state index contributed by atoms with van der Waals surface area (Å²) < 4.78 is 5.96. The Morgan fingerprint density at radius 1 is 1.16 bits per heavy atom. The van der Waals surface area contributed by atoms with Crippen LogP contribution in [0.25, 0.3) is 11.1 Å². The number of anilines is 2. The monoisotopic (exact) mass is 498 g/mol. The summed E-state index contributed by atoms with van der Waals surface area (Å²) in [5.41, 5.74) is 1.36. The summed E-state index contributed by atoms with van der Waals surface area (Å²) in [7, 11) is 1.54. The highest BCUT2D eigenvalue weighted by molar-refractivity contribution is 9.10. The Morgan fingerprint density at radius 2 is 1.90 bits per heavy atom. The van der Waals surface area contributed by atoms with E-state index in [0.29, 0.717) is 38.7 Å². The van der Waals surface area contributed by atoms with E-state index in [1.54, 1.807) is 37.4 Å². The van der Waals surface area contributed by atoms with Crippen LogP contribution in [-0.4, -0.2) is 30.0 Å². The Labute approximate surface area is 189 Å². The highest BCUT2D eigenvalue weighted by Gasteiger charge is 2.55. The maximum Gasteiger partial charge on any atom is 0.346 e. The number of carbonyl (C=O) groups excluding carboxylic acids is 2. The lowest BCUT2D eigenvalue weighted by Crippen LogP contribution is -2.42. The van der Waals surface area contributed by atoms with E-state index in [1.165, 1.54) is 0 Å². The minimum absolute atomic E-state index is 0.0630. The van der Waals surface area contributed by atoms with Crippen LogP contribution in [0.5, 0.6) is 5.75 Å². The second-order valence-electron chi connectivity index (χ2n) is 7.32. The van der Waals surface area contributed by atoms with Gasteiger partial charge in [-0.2, -0.15) is 0 Å². The van der Waals surface area contributed by atoms with Crippen molar-refractivity contribution >= 4 is 56.4 Å². The zero-order chi connectivity index (χ0) is 21.9. The molecule has 7 nitrogen and oxygen atoms in total. The Hall–Kier alpha value is -3.17. The molecule has 0 unspecified atom stereocenters. The fourth-order valence-corrected chi connectivity index (χ4v) is 5.95. The van der Waals surface area contributed by atoms with Crippen molar-refractivity contribution in [2.75, 3.05) is 17.7 Å². The van der Waals surface area contributed by atoms with Crippen LogP contribution in [-0.2, 0) is 15.0 Å². The van der Waals surface area contributed by atoms with Gasteiger partial charge in [-0.1, -0.05) is 28.1 Å². The molecule has 0 saturated carbocycles. The summed E-state index contributed by atoms with van der Waals surface area (Å²) in [5.74, 6) is -1.18. The van der Waals surface area contributed by atoms with Gasteiger partial charge in [-0.3, -0.25) is 9.59 Å². The molecule has 2 aromatic carbocycles. The van der Waals surface area contributed by atoms with Crippen LogP contribution in [0.15, 0.2) is 46.9 Å². The van der Waals surface area contributed by atoms with Gasteiger partial charge < -0.3 is 20.5 Å². The van der Waals surface area contributed by atoms with Gasteiger partial charge in [0.05, 0.1) is 24.1 Å². The molecule has 2 amide bonds. The first-order valence-corrected chi connectivity index (χ1v) is 10.9. The molecule has 5 rings (SSSR count). The van der Waals surface area contributed by atoms with E-state index >= 15 is 0 Å². The molecule has 3 aromatic rings. The summed E-state index contributed by atoms with van der Waals surface area (Å²) >= 11 is 4.47. The van der Waals surface area contributed by atoms with Gasteiger partial charge in [0.1, 0.15) is 16.0 Å². The van der Waals surface area contributed by atoms with Crippen LogP contribution in [0.4, 0.5) is 11.4 Å². The van der Waals surface area contributed by atoms with Crippen molar-refractivity contribution in [1.82, 2.24) is 0 Å². The standard InChI is InChI=1S/C22H15BrN2O5S/c1-30-12-5-2-10(3-6-12)16-17-19(31-18(16)20(27)28)22(9-15(26)25-17)13-8-11(23)4-7-14(13)24-21(22)29/h2-8H,9H2,1H3,(H,24,29)(H,25,26)(H,27,28)/t22-/m0/s1. The van der Waals surface area contributed by atoms with E-state index in [9.17, 15) is 19.5 Å². The number of ether oxygens (including phenoxy) is 1. The van der Waals surface area contributed by atoms with E-state index in [2.05, 4.69) is 26.6 Å². The Bertz CT molecular complexity index is 1280. The highest BCUT2D eigenvalue weighted by atomic mass is 79.9. The number of carboxylic acids is 1. The van der Waals surface area contributed by atoms with Crippen LogP contribution < -0.4 is 15.4 Å². The predicted molar refractivity (Wildman–Crippen MR) is 120 cm³/mol. The van der Waals surface area contributed by atoms with Crippen molar-refractivity contribution in [1.29, 1.82) is 0 Å². The normalized spacial score (nSPS) is 18.9. The minimum Gasteiger partial charge on any atom is -0.497 e. The zero-order valence-corrected chi connectivity index (χ0v) is 18.5. The van der Waals surface area contributed by atoms with E-state index < -0.39 is 11.4 Å². The molecule has 2 aliphatic heterocycles.